The number of aliphatic hydroxyl groups is 1. The fourth-order valence-corrected chi connectivity index (χ4v) is 2.75. The Labute approximate surface area is 122 Å². The minimum absolute atomic E-state index is 0.179. The number of aliphatic hydroxyl groups excluding tert-OH is 1. The molecule has 1 N–H and O–H groups in total. The van der Waals surface area contributed by atoms with Gasteiger partial charge >= 0.3 is 0 Å². The molecule has 4 nitrogen and oxygen atoms in total. The number of nitrogens with zero attached hydrogens (tertiary/aromatic N) is 2. The molecule has 114 valence electrons. The third-order valence-electron chi connectivity index (χ3n) is 3.95. The van der Waals surface area contributed by atoms with E-state index in [2.05, 4.69) is 30.7 Å². The quantitative estimate of drug-likeness (QED) is 0.795. The zero-order valence-electron chi connectivity index (χ0n) is 13.4. The summed E-state index contributed by atoms with van der Waals surface area (Å²) in [6.45, 7) is 10.1. The minimum Gasteiger partial charge on any atom is -0.496 e. The van der Waals surface area contributed by atoms with Crippen molar-refractivity contribution in [1.29, 1.82) is 0 Å². The number of aryl methyl sites for hydroxylation is 1. The van der Waals surface area contributed by atoms with Crippen LogP contribution in [0, 0.1) is 13.8 Å². The van der Waals surface area contributed by atoms with Crippen LogP contribution in [0.25, 0.3) is 0 Å². The molecular weight excluding hydrogens is 252 g/mol. The van der Waals surface area contributed by atoms with Crippen LogP contribution in [-0.2, 0) is 6.54 Å². The molecule has 0 aromatic carbocycles. The average Bonchev–Trinajstić information content (AvgIpc) is 2.44. The van der Waals surface area contributed by atoms with Gasteiger partial charge in [-0.3, -0.25) is 9.88 Å². The second-order valence-electron chi connectivity index (χ2n) is 5.21. The van der Waals surface area contributed by atoms with E-state index in [4.69, 9.17) is 4.74 Å². The number of pyridine rings is 1. The maximum atomic E-state index is 9.28. The molecule has 0 unspecified atom stereocenters. The second-order valence-corrected chi connectivity index (χ2v) is 5.21. The second kappa shape index (κ2) is 8.22. The summed E-state index contributed by atoms with van der Waals surface area (Å²) in [6, 6.07) is 0.482. The van der Waals surface area contributed by atoms with Gasteiger partial charge in [0.25, 0.3) is 0 Å². The zero-order chi connectivity index (χ0) is 15.1. The number of aromatic nitrogens is 1. The summed E-state index contributed by atoms with van der Waals surface area (Å²) in [6.07, 6.45) is 4.03. The molecule has 4 heteroatoms. The smallest absolute Gasteiger partial charge is 0.128 e. The SMILES string of the molecule is CCC(CC)N(CCO)Cc1ncc(C)c(OC)c1C. The van der Waals surface area contributed by atoms with Crippen LogP contribution in [-0.4, -0.2) is 41.3 Å². The topological polar surface area (TPSA) is 45.6 Å². The molecule has 1 aromatic rings. The van der Waals surface area contributed by atoms with Gasteiger partial charge in [-0.05, 0) is 26.7 Å². The van der Waals surface area contributed by atoms with E-state index in [9.17, 15) is 5.11 Å². The highest BCUT2D eigenvalue weighted by Crippen LogP contribution is 2.25. The summed E-state index contributed by atoms with van der Waals surface area (Å²) in [7, 11) is 1.70. The summed E-state index contributed by atoms with van der Waals surface area (Å²) in [5.41, 5.74) is 3.19. The normalized spacial score (nSPS) is 11.4. The predicted octanol–water partition coefficient (Wildman–Crippen LogP) is 2.69. The van der Waals surface area contributed by atoms with Gasteiger partial charge in [0.15, 0.2) is 0 Å². The molecule has 0 saturated carbocycles. The summed E-state index contributed by atoms with van der Waals surface area (Å²) in [4.78, 5) is 6.87. The molecule has 1 rings (SSSR count). The van der Waals surface area contributed by atoms with Gasteiger partial charge in [-0.1, -0.05) is 13.8 Å². The van der Waals surface area contributed by atoms with Crippen LogP contribution < -0.4 is 4.74 Å². The molecule has 1 heterocycles. The molecule has 0 saturated heterocycles. The fourth-order valence-electron chi connectivity index (χ4n) is 2.75. The van der Waals surface area contributed by atoms with Crippen molar-refractivity contribution >= 4 is 0 Å². The van der Waals surface area contributed by atoms with Crippen LogP contribution in [0.3, 0.4) is 0 Å². The number of hydrogen-bond acceptors (Lipinski definition) is 4. The number of ether oxygens (including phenoxy) is 1. The molecule has 20 heavy (non-hydrogen) atoms. The Kier molecular flexibility index (Phi) is 6.96. The molecule has 0 atom stereocenters. The van der Waals surface area contributed by atoms with Crippen LogP contribution in [0.1, 0.15) is 43.5 Å². The highest BCUT2D eigenvalue weighted by atomic mass is 16.5. The lowest BCUT2D eigenvalue weighted by Gasteiger charge is -2.30. The Morgan fingerprint density at radius 2 is 1.95 bits per heavy atom. The highest BCUT2D eigenvalue weighted by Gasteiger charge is 2.18. The Balaban J connectivity index is 2.99. The molecule has 1 aromatic heterocycles. The van der Waals surface area contributed by atoms with Gasteiger partial charge in [-0.25, -0.2) is 0 Å². The van der Waals surface area contributed by atoms with Gasteiger partial charge in [0.1, 0.15) is 5.75 Å². The van der Waals surface area contributed by atoms with Gasteiger partial charge < -0.3 is 9.84 Å². The molecule has 0 fully saturated rings. The summed E-state index contributed by atoms with van der Waals surface area (Å²) in [5, 5.41) is 9.28. The number of methoxy groups -OCH3 is 1. The predicted molar refractivity (Wildman–Crippen MR) is 82.1 cm³/mol. The van der Waals surface area contributed by atoms with E-state index in [-0.39, 0.29) is 6.61 Å². The monoisotopic (exact) mass is 280 g/mol. The summed E-state index contributed by atoms with van der Waals surface area (Å²) >= 11 is 0. The van der Waals surface area contributed by atoms with Crippen LogP contribution in [0.15, 0.2) is 6.20 Å². The first-order valence-corrected chi connectivity index (χ1v) is 7.42. The molecule has 0 aliphatic rings. The lowest BCUT2D eigenvalue weighted by molar-refractivity contribution is 0.135. The summed E-state index contributed by atoms with van der Waals surface area (Å²) < 4.78 is 5.46. The molecular formula is C16H28N2O2. The first-order valence-electron chi connectivity index (χ1n) is 7.42. The molecule has 0 aliphatic carbocycles. The van der Waals surface area contributed by atoms with Crippen molar-refractivity contribution in [3.8, 4) is 5.75 Å². The highest BCUT2D eigenvalue weighted by molar-refractivity contribution is 5.41. The Morgan fingerprint density at radius 3 is 2.45 bits per heavy atom. The Bertz CT molecular complexity index is 417. The first-order chi connectivity index (χ1) is 9.58. The van der Waals surface area contributed by atoms with Gasteiger partial charge in [0.05, 0.1) is 19.4 Å². The van der Waals surface area contributed by atoms with Gasteiger partial charge in [-0.2, -0.15) is 0 Å². The molecule has 0 bridgehead atoms. The van der Waals surface area contributed by atoms with Crippen molar-refractivity contribution in [2.45, 2.75) is 53.1 Å². The van der Waals surface area contributed by atoms with Gasteiger partial charge in [-0.15, -0.1) is 0 Å². The summed E-state index contributed by atoms with van der Waals surface area (Å²) in [5.74, 6) is 0.920. The maximum Gasteiger partial charge on any atom is 0.128 e. The van der Waals surface area contributed by atoms with Crippen LogP contribution >= 0.6 is 0 Å². The Morgan fingerprint density at radius 1 is 1.30 bits per heavy atom. The molecule has 0 aliphatic heterocycles. The van der Waals surface area contributed by atoms with E-state index in [1.165, 1.54) is 0 Å². The van der Waals surface area contributed by atoms with Crippen molar-refractivity contribution < 1.29 is 9.84 Å². The largest absolute Gasteiger partial charge is 0.496 e. The average molecular weight is 280 g/mol. The lowest BCUT2D eigenvalue weighted by Crippen LogP contribution is -2.36. The minimum atomic E-state index is 0.179. The Hall–Kier alpha value is -1.13. The van der Waals surface area contributed by atoms with Crippen LogP contribution in [0.2, 0.25) is 0 Å². The first kappa shape index (κ1) is 16.9. The van der Waals surface area contributed by atoms with E-state index in [0.29, 0.717) is 12.6 Å². The van der Waals surface area contributed by atoms with Crippen molar-refractivity contribution in [2.75, 3.05) is 20.3 Å². The van der Waals surface area contributed by atoms with E-state index in [1.54, 1.807) is 7.11 Å². The van der Waals surface area contributed by atoms with Crippen molar-refractivity contribution in [3.05, 3.63) is 23.0 Å². The van der Waals surface area contributed by atoms with Gasteiger partial charge in [0, 0.05) is 36.5 Å². The molecule has 0 radical (unpaired) electrons. The van der Waals surface area contributed by atoms with Crippen LogP contribution in [0.4, 0.5) is 0 Å². The fraction of sp³-hybridized carbons (Fsp3) is 0.688. The zero-order valence-corrected chi connectivity index (χ0v) is 13.4. The van der Waals surface area contributed by atoms with Crippen molar-refractivity contribution in [3.63, 3.8) is 0 Å². The third kappa shape index (κ3) is 3.93. The maximum absolute atomic E-state index is 9.28. The van der Waals surface area contributed by atoms with E-state index in [0.717, 1.165) is 42.0 Å². The van der Waals surface area contributed by atoms with Gasteiger partial charge in [0.2, 0.25) is 0 Å². The van der Waals surface area contributed by atoms with E-state index < -0.39 is 0 Å². The van der Waals surface area contributed by atoms with Crippen molar-refractivity contribution in [2.24, 2.45) is 0 Å². The van der Waals surface area contributed by atoms with Crippen LogP contribution in [0.5, 0.6) is 5.75 Å². The van der Waals surface area contributed by atoms with E-state index >= 15 is 0 Å². The number of rotatable bonds is 8. The lowest BCUT2D eigenvalue weighted by atomic mass is 10.1. The van der Waals surface area contributed by atoms with E-state index in [1.807, 2.05) is 13.1 Å². The number of hydrogen-bond donors (Lipinski definition) is 1. The van der Waals surface area contributed by atoms with Crippen molar-refractivity contribution in [1.82, 2.24) is 9.88 Å². The standard InChI is InChI=1S/C16H28N2O2/c1-6-14(7-2)18(8-9-19)11-15-13(4)16(20-5)12(3)10-17-15/h10,14,19H,6-9,11H2,1-5H3. The molecule has 0 amide bonds. The molecule has 0 spiro atoms. The third-order valence-corrected chi connectivity index (χ3v) is 3.95.